The Morgan fingerprint density at radius 2 is 1.84 bits per heavy atom. The van der Waals surface area contributed by atoms with Crippen molar-refractivity contribution in [3.8, 4) is 5.69 Å². The van der Waals surface area contributed by atoms with Gasteiger partial charge in [-0.25, -0.2) is 9.48 Å². The number of non-ortho nitro benzene ring substituents is 1. The highest BCUT2D eigenvalue weighted by Crippen LogP contribution is 2.15. The normalized spacial score (nSPS) is 10.2. The van der Waals surface area contributed by atoms with E-state index in [2.05, 4.69) is 15.7 Å². The summed E-state index contributed by atoms with van der Waals surface area (Å²) in [6.45, 7) is 0.311. The molecule has 0 unspecified atom stereocenters. The number of urea groups is 1. The summed E-state index contributed by atoms with van der Waals surface area (Å²) in [7, 11) is 0. The summed E-state index contributed by atoms with van der Waals surface area (Å²) in [6, 6.07) is 14.9. The Morgan fingerprint density at radius 3 is 2.52 bits per heavy atom. The number of nitro benzene ring substituents is 1. The molecule has 1 aromatic heterocycles. The third-order valence-corrected chi connectivity index (χ3v) is 3.45. The van der Waals surface area contributed by atoms with Gasteiger partial charge < -0.3 is 10.6 Å². The third kappa shape index (κ3) is 4.20. The van der Waals surface area contributed by atoms with Crippen LogP contribution in [0.3, 0.4) is 0 Å². The number of carbonyl (C=O) groups excluding carboxylic acids is 1. The fraction of sp³-hybridized carbons (Fsp3) is 0.0588. The van der Waals surface area contributed by atoms with E-state index in [1.165, 1.54) is 24.3 Å². The Balaban J connectivity index is 1.54. The molecule has 8 heteroatoms. The Morgan fingerprint density at radius 1 is 1.12 bits per heavy atom. The fourth-order valence-electron chi connectivity index (χ4n) is 2.20. The second-order valence-corrected chi connectivity index (χ2v) is 5.24. The number of amides is 2. The van der Waals surface area contributed by atoms with Crippen molar-refractivity contribution in [2.45, 2.75) is 6.54 Å². The molecule has 0 bridgehead atoms. The van der Waals surface area contributed by atoms with Gasteiger partial charge in [-0.3, -0.25) is 10.1 Å². The predicted octanol–water partition coefficient (Wildman–Crippen LogP) is 3.10. The van der Waals surface area contributed by atoms with E-state index in [9.17, 15) is 14.9 Å². The van der Waals surface area contributed by atoms with E-state index in [0.717, 1.165) is 11.3 Å². The third-order valence-electron chi connectivity index (χ3n) is 3.45. The molecule has 25 heavy (non-hydrogen) atoms. The Labute approximate surface area is 143 Å². The molecule has 3 aromatic rings. The Kier molecular flexibility index (Phi) is 4.70. The molecule has 2 N–H and O–H groups in total. The van der Waals surface area contributed by atoms with Crippen LogP contribution in [0.1, 0.15) is 5.56 Å². The molecule has 1 heterocycles. The van der Waals surface area contributed by atoms with Crippen molar-refractivity contribution in [1.29, 1.82) is 0 Å². The van der Waals surface area contributed by atoms with E-state index >= 15 is 0 Å². The molecule has 0 saturated carbocycles. The fourth-order valence-corrected chi connectivity index (χ4v) is 2.20. The zero-order valence-electron chi connectivity index (χ0n) is 13.1. The lowest BCUT2D eigenvalue weighted by molar-refractivity contribution is -0.384. The maximum atomic E-state index is 11.9. The second-order valence-electron chi connectivity index (χ2n) is 5.24. The second kappa shape index (κ2) is 7.26. The monoisotopic (exact) mass is 337 g/mol. The average Bonchev–Trinajstić information content (AvgIpc) is 3.10. The maximum Gasteiger partial charge on any atom is 0.319 e. The molecule has 2 amide bonds. The quantitative estimate of drug-likeness (QED) is 0.551. The number of aromatic nitrogens is 2. The molecular weight excluding hydrogens is 322 g/mol. The van der Waals surface area contributed by atoms with Crippen molar-refractivity contribution >= 4 is 17.4 Å². The van der Waals surface area contributed by atoms with Crippen LogP contribution in [0.15, 0.2) is 67.0 Å². The highest BCUT2D eigenvalue weighted by atomic mass is 16.6. The van der Waals surface area contributed by atoms with E-state index in [-0.39, 0.29) is 5.69 Å². The number of nitro groups is 1. The first-order valence-corrected chi connectivity index (χ1v) is 7.50. The topological polar surface area (TPSA) is 102 Å². The van der Waals surface area contributed by atoms with E-state index in [1.807, 2.05) is 36.5 Å². The van der Waals surface area contributed by atoms with Crippen molar-refractivity contribution < 1.29 is 9.72 Å². The van der Waals surface area contributed by atoms with E-state index in [1.54, 1.807) is 10.9 Å². The number of nitrogens with zero attached hydrogens (tertiary/aromatic N) is 3. The van der Waals surface area contributed by atoms with Crippen LogP contribution in [0.2, 0.25) is 0 Å². The smallest absolute Gasteiger partial charge is 0.319 e. The Bertz CT molecular complexity index is 875. The van der Waals surface area contributed by atoms with Gasteiger partial charge >= 0.3 is 6.03 Å². The van der Waals surface area contributed by atoms with Crippen LogP contribution in [-0.2, 0) is 6.54 Å². The molecule has 0 aliphatic carbocycles. The lowest BCUT2D eigenvalue weighted by Crippen LogP contribution is -2.28. The van der Waals surface area contributed by atoms with Gasteiger partial charge in [0, 0.05) is 36.1 Å². The molecule has 8 nitrogen and oxygen atoms in total. The van der Waals surface area contributed by atoms with E-state index in [0.29, 0.717) is 12.2 Å². The van der Waals surface area contributed by atoms with Crippen molar-refractivity contribution in [2.75, 3.05) is 5.32 Å². The minimum Gasteiger partial charge on any atom is -0.334 e. The lowest BCUT2D eigenvalue weighted by atomic mass is 10.3. The van der Waals surface area contributed by atoms with E-state index in [4.69, 9.17) is 0 Å². The van der Waals surface area contributed by atoms with Gasteiger partial charge in [0.1, 0.15) is 0 Å². The van der Waals surface area contributed by atoms with Gasteiger partial charge in [-0.15, -0.1) is 0 Å². The maximum absolute atomic E-state index is 11.9. The minimum atomic E-state index is -0.492. The van der Waals surface area contributed by atoms with Crippen molar-refractivity contribution in [3.63, 3.8) is 0 Å². The highest BCUT2D eigenvalue weighted by molar-refractivity contribution is 5.89. The van der Waals surface area contributed by atoms with Gasteiger partial charge in [0.05, 0.1) is 16.8 Å². The number of anilines is 1. The molecule has 0 spiro atoms. The minimum absolute atomic E-state index is 0.0284. The number of carbonyl (C=O) groups is 1. The first-order valence-electron chi connectivity index (χ1n) is 7.50. The SMILES string of the molecule is O=C(NCc1cnn(-c2ccccc2)c1)Nc1ccc([N+](=O)[O-])cc1. The molecule has 0 radical (unpaired) electrons. The zero-order chi connectivity index (χ0) is 17.6. The molecule has 0 saturated heterocycles. The van der Waals surface area contributed by atoms with Gasteiger partial charge in [-0.1, -0.05) is 18.2 Å². The largest absolute Gasteiger partial charge is 0.334 e. The number of nitrogens with one attached hydrogen (secondary N) is 2. The summed E-state index contributed by atoms with van der Waals surface area (Å²) < 4.78 is 1.73. The molecule has 0 aliphatic rings. The highest BCUT2D eigenvalue weighted by Gasteiger charge is 2.07. The molecule has 3 rings (SSSR count). The number of hydrogen-bond acceptors (Lipinski definition) is 4. The van der Waals surface area contributed by atoms with E-state index < -0.39 is 11.0 Å². The van der Waals surface area contributed by atoms with Crippen LogP contribution >= 0.6 is 0 Å². The first-order chi connectivity index (χ1) is 12.1. The van der Waals surface area contributed by atoms with Crippen LogP contribution in [0, 0.1) is 10.1 Å². The summed E-state index contributed by atoms with van der Waals surface area (Å²) in [5.74, 6) is 0. The average molecular weight is 337 g/mol. The predicted molar refractivity (Wildman–Crippen MR) is 92.5 cm³/mol. The number of benzene rings is 2. The summed E-state index contributed by atoms with van der Waals surface area (Å²) in [5, 5.41) is 20.2. The summed E-state index contributed by atoms with van der Waals surface area (Å²) >= 11 is 0. The summed E-state index contributed by atoms with van der Waals surface area (Å²) in [4.78, 5) is 22.0. The number of hydrogen-bond donors (Lipinski definition) is 2. The van der Waals surface area contributed by atoms with Gasteiger partial charge in [0.2, 0.25) is 0 Å². The van der Waals surface area contributed by atoms with Crippen LogP contribution in [-0.4, -0.2) is 20.7 Å². The Hall–Kier alpha value is -3.68. The molecule has 126 valence electrons. The molecular formula is C17H15N5O3. The summed E-state index contributed by atoms with van der Waals surface area (Å²) in [6.07, 6.45) is 3.51. The molecule has 2 aromatic carbocycles. The van der Waals surface area contributed by atoms with Gasteiger partial charge in [0.25, 0.3) is 5.69 Å². The van der Waals surface area contributed by atoms with Gasteiger partial charge in [-0.05, 0) is 24.3 Å². The molecule has 0 fully saturated rings. The van der Waals surface area contributed by atoms with Crippen LogP contribution in [0.5, 0.6) is 0 Å². The first kappa shape index (κ1) is 16.2. The van der Waals surface area contributed by atoms with Gasteiger partial charge in [-0.2, -0.15) is 5.10 Å². The summed E-state index contributed by atoms with van der Waals surface area (Å²) in [5.41, 5.74) is 2.23. The van der Waals surface area contributed by atoms with Crippen LogP contribution in [0.25, 0.3) is 5.69 Å². The zero-order valence-corrected chi connectivity index (χ0v) is 13.1. The van der Waals surface area contributed by atoms with Crippen LogP contribution in [0.4, 0.5) is 16.2 Å². The standard InChI is InChI=1S/C17H15N5O3/c23-17(20-14-6-8-16(9-7-14)22(24)25)18-10-13-11-19-21(12-13)15-4-2-1-3-5-15/h1-9,11-12H,10H2,(H2,18,20,23). The molecule has 0 aliphatic heterocycles. The lowest BCUT2D eigenvalue weighted by Gasteiger charge is -2.06. The van der Waals surface area contributed by atoms with Gasteiger partial charge in [0.15, 0.2) is 0 Å². The van der Waals surface area contributed by atoms with Crippen molar-refractivity contribution in [2.24, 2.45) is 0 Å². The van der Waals surface area contributed by atoms with Crippen molar-refractivity contribution in [3.05, 3.63) is 82.7 Å². The molecule has 0 atom stereocenters. The number of rotatable bonds is 5. The van der Waals surface area contributed by atoms with Crippen LogP contribution < -0.4 is 10.6 Å². The van der Waals surface area contributed by atoms with Crippen molar-refractivity contribution in [1.82, 2.24) is 15.1 Å². The number of para-hydroxylation sites is 1.